The van der Waals surface area contributed by atoms with Crippen LogP contribution in [-0.2, 0) is 0 Å². The van der Waals surface area contributed by atoms with Gasteiger partial charge in [-0.3, -0.25) is 14.6 Å². The number of ketones is 1. The molecule has 0 fully saturated rings. The van der Waals surface area contributed by atoms with E-state index in [4.69, 9.17) is 0 Å². The van der Waals surface area contributed by atoms with Crippen LogP contribution in [0.15, 0.2) is 42.7 Å². The SMILES string of the molecule is CC(=O)c1ccccc1NC(=O)c1cncc(C)c1. The minimum absolute atomic E-state index is 0.0849. The second-order valence-electron chi connectivity index (χ2n) is 4.31. The van der Waals surface area contributed by atoms with E-state index in [-0.39, 0.29) is 11.7 Å². The Morgan fingerprint density at radius 2 is 1.89 bits per heavy atom. The largest absolute Gasteiger partial charge is 0.321 e. The maximum atomic E-state index is 12.1. The van der Waals surface area contributed by atoms with Gasteiger partial charge in [-0.1, -0.05) is 12.1 Å². The molecule has 0 saturated carbocycles. The van der Waals surface area contributed by atoms with Gasteiger partial charge in [0, 0.05) is 18.0 Å². The Hall–Kier alpha value is -2.49. The average Bonchev–Trinajstić information content (AvgIpc) is 2.39. The van der Waals surface area contributed by atoms with Gasteiger partial charge in [-0.2, -0.15) is 0 Å². The summed E-state index contributed by atoms with van der Waals surface area (Å²) in [6.07, 6.45) is 3.18. The van der Waals surface area contributed by atoms with Crippen LogP contribution in [0.4, 0.5) is 5.69 Å². The summed E-state index contributed by atoms with van der Waals surface area (Å²) in [6, 6.07) is 8.68. The average molecular weight is 254 g/mol. The van der Waals surface area contributed by atoms with Crippen LogP contribution >= 0.6 is 0 Å². The topological polar surface area (TPSA) is 59.1 Å². The van der Waals surface area contributed by atoms with Crippen LogP contribution in [-0.4, -0.2) is 16.7 Å². The second-order valence-corrected chi connectivity index (χ2v) is 4.31. The lowest BCUT2D eigenvalue weighted by Gasteiger charge is -2.09. The van der Waals surface area contributed by atoms with E-state index in [1.807, 2.05) is 6.92 Å². The van der Waals surface area contributed by atoms with E-state index in [0.29, 0.717) is 16.8 Å². The summed E-state index contributed by atoms with van der Waals surface area (Å²) in [6.45, 7) is 3.34. The molecule has 96 valence electrons. The molecule has 1 aromatic carbocycles. The molecule has 1 aromatic heterocycles. The number of rotatable bonds is 3. The summed E-state index contributed by atoms with van der Waals surface area (Å²) < 4.78 is 0. The first-order chi connectivity index (χ1) is 9.08. The summed E-state index contributed by atoms with van der Waals surface area (Å²) >= 11 is 0. The number of hydrogen-bond donors (Lipinski definition) is 1. The third kappa shape index (κ3) is 3.04. The van der Waals surface area contributed by atoms with E-state index < -0.39 is 0 Å². The molecule has 0 unspecified atom stereocenters. The summed E-state index contributed by atoms with van der Waals surface area (Å²) in [5.74, 6) is -0.358. The maximum absolute atomic E-state index is 12.1. The summed E-state index contributed by atoms with van der Waals surface area (Å²) in [7, 11) is 0. The number of carbonyl (C=O) groups is 2. The molecule has 2 aromatic rings. The predicted octanol–water partition coefficient (Wildman–Crippen LogP) is 2.84. The predicted molar refractivity (Wildman–Crippen MR) is 73.4 cm³/mol. The van der Waals surface area contributed by atoms with Crippen molar-refractivity contribution in [3.63, 3.8) is 0 Å². The van der Waals surface area contributed by atoms with Crippen molar-refractivity contribution >= 4 is 17.4 Å². The zero-order valence-electron chi connectivity index (χ0n) is 10.8. The highest BCUT2D eigenvalue weighted by molar-refractivity contribution is 6.08. The monoisotopic (exact) mass is 254 g/mol. The van der Waals surface area contributed by atoms with Gasteiger partial charge < -0.3 is 5.32 Å². The number of benzene rings is 1. The molecule has 1 N–H and O–H groups in total. The smallest absolute Gasteiger partial charge is 0.257 e. The number of anilines is 1. The van der Waals surface area contributed by atoms with Crippen molar-refractivity contribution in [2.24, 2.45) is 0 Å². The molecule has 0 aliphatic carbocycles. The van der Waals surface area contributed by atoms with Crippen LogP contribution in [0.5, 0.6) is 0 Å². The van der Waals surface area contributed by atoms with E-state index in [1.54, 1.807) is 36.5 Å². The minimum atomic E-state index is -0.273. The lowest BCUT2D eigenvalue weighted by atomic mass is 10.1. The van der Waals surface area contributed by atoms with Gasteiger partial charge in [-0.05, 0) is 37.6 Å². The van der Waals surface area contributed by atoms with Crippen molar-refractivity contribution in [2.75, 3.05) is 5.32 Å². The van der Waals surface area contributed by atoms with Crippen LogP contribution in [0.2, 0.25) is 0 Å². The summed E-state index contributed by atoms with van der Waals surface area (Å²) in [4.78, 5) is 27.5. The van der Waals surface area contributed by atoms with Gasteiger partial charge in [-0.15, -0.1) is 0 Å². The number of hydrogen-bond acceptors (Lipinski definition) is 3. The third-order valence-corrected chi connectivity index (χ3v) is 2.69. The fourth-order valence-electron chi connectivity index (χ4n) is 1.77. The Morgan fingerprint density at radius 3 is 2.58 bits per heavy atom. The molecule has 19 heavy (non-hydrogen) atoms. The van der Waals surface area contributed by atoms with Gasteiger partial charge in [0.2, 0.25) is 0 Å². The molecular formula is C15H14N2O2. The lowest BCUT2D eigenvalue weighted by molar-refractivity contribution is 0.101. The van der Waals surface area contributed by atoms with Crippen molar-refractivity contribution in [1.29, 1.82) is 0 Å². The minimum Gasteiger partial charge on any atom is -0.321 e. The molecule has 1 amide bonds. The van der Waals surface area contributed by atoms with Crippen molar-refractivity contribution in [3.8, 4) is 0 Å². The number of aromatic nitrogens is 1. The number of pyridine rings is 1. The fraction of sp³-hybridized carbons (Fsp3) is 0.133. The molecule has 1 heterocycles. The molecule has 0 saturated heterocycles. The van der Waals surface area contributed by atoms with Gasteiger partial charge in [-0.25, -0.2) is 0 Å². The highest BCUT2D eigenvalue weighted by atomic mass is 16.1. The molecule has 4 heteroatoms. The number of carbonyl (C=O) groups excluding carboxylic acids is 2. The fourth-order valence-corrected chi connectivity index (χ4v) is 1.77. The number of Topliss-reactive ketones (excluding diaryl/α,β-unsaturated/α-hetero) is 1. The molecule has 0 atom stereocenters. The van der Waals surface area contributed by atoms with Crippen LogP contribution in [0, 0.1) is 6.92 Å². The number of aryl methyl sites for hydroxylation is 1. The quantitative estimate of drug-likeness (QED) is 0.857. The molecule has 2 rings (SSSR count). The molecular weight excluding hydrogens is 240 g/mol. The van der Waals surface area contributed by atoms with Gasteiger partial charge in [0.05, 0.1) is 11.3 Å². The molecule has 0 bridgehead atoms. The maximum Gasteiger partial charge on any atom is 0.257 e. The van der Waals surface area contributed by atoms with E-state index >= 15 is 0 Å². The Bertz CT molecular complexity index is 636. The number of nitrogens with one attached hydrogen (secondary N) is 1. The first kappa shape index (κ1) is 13.0. The summed E-state index contributed by atoms with van der Waals surface area (Å²) in [5.41, 5.74) is 2.39. The molecule has 0 radical (unpaired) electrons. The highest BCUT2D eigenvalue weighted by Crippen LogP contribution is 2.16. The van der Waals surface area contributed by atoms with Crippen molar-refractivity contribution in [3.05, 3.63) is 59.4 Å². The van der Waals surface area contributed by atoms with Gasteiger partial charge in [0.25, 0.3) is 5.91 Å². The number of nitrogens with zero attached hydrogens (tertiary/aromatic N) is 1. The lowest BCUT2D eigenvalue weighted by Crippen LogP contribution is -2.14. The zero-order valence-corrected chi connectivity index (χ0v) is 10.8. The van der Waals surface area contributed by atoms with E-state index in [0.717, 1.165) is 5.56 Å². The molecule has 4 nitrogen and oxygen atoms in total. The molecule has 0 spiro atoms. The third-order valence-electron chi connectivity index (χ3n) is 2.69. The number of para-hydroxylation sites is 1. The van der Waals surface area contributed by atoms with Crippen LogP contribution in [0.25, 0.3) is 0 Å². The van der Waals surface area contributed by atoms with E-state index in [2.05, 4.69) is 10.3 Å². The van der Waals surface area contributed by atoms with Crippen LogP contribution in [0.1, 0.15) is 33.2 Å². The second kappa shape index (κ2) is 5.44. The Balaban J connectivity index is 2.27. The standard InChI is InChI=1S/C15H14N2O2/c1-10-7-12(9-16-8-10)15(19)17-14-6-4-3-5-13(14)11(2)18/h3-9H,1-2H3,(H,17,19). The van der Waals surface area contributed by atoms with Crippen LogP contribution < -0.4 is 5.32 Å². The first-order valence-corrected chi connectivity index (χ1v) is 5.91. The molecule has 0 aliphatic heterocycles. The van der Waals surface area contributed by atoms with E-state index in [9.17, 15) is 9.59 Å². The highest BCUT2D eigenvalue weighted by Gasteiger charge is 2.11. The van der Waals surface area contributed by atoms with Crippen LogP contribution in [0.3, 0.4) is 0 Å². The van der Waals surface area contributed by atoms with Crippen molar-refractivity contribution in [1.82, 2.24) is 4.98 Å². The Morgan fingerprint density at radius 1 is 1.16 bits per heavy atom. The number of amides is 1. The van der Waals surface area contributed by atoms with Crippen molar-refractivity contribution < 1.29 is 9.59 Å². The Kier molecular flexibility index (Phi) is 3.71. The Labute approximate surface area is 111 Å². The normalized spacial score (nSPS) is 10.0. The van der Waals surface area contributed by atoms with Gasteiger partial charge >= 0.3 is 0 Å². The van der Waals surface area contributed by atoms with Crippen molar-refractivity contribution in [2.45, 2.75) is 13.8 Å². The molecule has 0 aliphatic rings. The van der Waals surface area contributed by atoms with E-state index in [1.165, 1.54) is 13.1 Å². The summed E-state index contributed by atoms with van der Waals surface area (Å²) in [5, 5.41) is 2.74. The zero-order chi connectivity index (χ0) is 13.8. The van der Waals surface area contributed by atoms with Gasteiger partial charge in [0.1, 0.15) is 0 Å². The first-order valence-electron chi connectivity index (χ1n) is 5.91. The van der Waals surface area contributed by atoms with Gasteiger partial charge in [0.15, 0.2) is 5.78 Å².